The van der Waals surface area contributed by atoms with Crippen LogP contribution in [0.5, 0.6) is 0 Å². The number of carbonyl (C=O) groups is 1. The van der Waals surface area contributed by atoms with Gasteiger partial charge in [-0.3, -0.25) is 4.79 Å². The molecule has 1 N–H and O–H groups in total. The molecule has 0 bridgehead atoms. The van der Waals surface area contributed by atoms with Crippen molar-refractivity contribution in [2.45, 2.75) is 12.5 Å². The predicted octanol–water partition coefficient (Wildman–Crippen LogP) is 3.64. The minimum absolute atomic E-state index is 0.101. The number of halogens is 1. The van der Waals surface area contributed by atoms with E-state index in [1.165, 1.54) is 13.2 Å². The number of rotatable bonds is 7. The first-order valence-corrected chi connectivity index (χ1v) is 9.81. The number of hydrogen-bond acceptors (Lipinski definition) is 4. The van der Waals surface area contributed by atoms with E-state index in [4.69, 9.17) is 0 Å². The minimum atomic E-state index is -3.74. The van der Waals surface area contributed by atoms with Crippen molar-refractivity contribution in [1.82, 2.24) is 4.72 Å². The highest BCUT2D eigenvalue weighted by atomic mass is 79.9. The van der Waals surface area contributed by atoms with Crippen molar-refractivity contribution in [3.63, 3.8) is 0 Å². The van der Waals surface area contributed by atoms with Crippen LogP contribution in [-0.2, 0) is 19.6 Å². The molecule has 7 heteroatoms. The summed E-state index contributed by atoms with van der Waals surface area (Å²) in [4.78, 5) is 11.6. The Morgan fingerprint density at radius 3 is 2.40 bits per heavy atom. The monoisotopic (exact) mass is 423 g/mol. The molecule has 5 nitrogen and oxygen atoms in total. The quantitative estimate of drug-likeness (QED) is 0.689. The Bertz CT molecular complexity index is 833. The normalized spacial score (nSPS) is 12.9. The molecule has 132 valence electrons. The van der Waals surface area contributed by atoms with Crippen LogP contribution in [0.1, 0.15) is 23.6 Å². The van der Waals surface area contributed by atoms with Crippen LogP contribution in [-0.4, -0.2) is 21.5 Å². The maximum Gasteiger partial charge on any atom is 0.307 e. The lowest BCUT2D eigenvalue weighted by Gasteiger charge is -2.17. The standard InChI is InChI=1S/C18H18BrNO4S/c1-24-18(21)13-17(15-7-9-16(19)10-8-15)20-25(22,23)12-11-14-5-3-2-4-6-14/h2-12,17,20H,13H2,1H3/b12-11+. The molecule has 2 aromatic carbocycles. The molecule has 1 unspecified atom stereocenters. The summed E-state index contributed by atoms with van der Waals surface area (Å²) in [5.41, 5.74) is 1.44. The highest BCUT2D eigenvalue weighted by Gasteiger charge is 2.21. The van der Waals surface area contributed by atoms with Crippen molar-refractivity contribution >= 4 is 38.0 Å². The number of ether oxygens (including phenoxy) is 1. The van der Waals surface area contributed by atoms with Crippen molar-refractivity contribution in [2.24, 2.45) is 0 Å². The number of esters is 1. The fourth-order valence-electron chi connectivity index (χ4n) is 2.14. The smallest absolute Gasteiger partial charge is 0.307 e. The highest BCUT2D eigenvalue weighted by Crippen LogP contribution is 2.21. The number of carbonyl (C=O) groups excluding carboxylic acids is 1. The molecule has 0 saturated carbocycles. The Morgan fingerprint density at radius 1 is 1.16 bits per heavy atom. The summed E-state index contributed by atoms with van der Waals surface area (Å²) < 4.78 is 32.8. The molecule has 0 aliphatic carbocycles. The van der Waals surface area contributed by atoms with Crippen LogP contribution in [0.15, 0.2) is 64.5 Å². The van der Waals surface area contributed by atoms with Gasteiger partial charge in [0.05, 0.1) is 19.6 Å². The maximum atomic E-state index is 12.4. The van der Waals surface area contributed by atoms with Gasteiger partial charge in [0, 0.05) is 9.88 Å². The Kier molecular flexibility index (Phi) is 6.92. The van der Waals surface area contributed by atoms with E-state index in [1.54, 1.807) is 36.4 Å². The zero-order chi connectivity index (χ0) is 18.3. The van der Waals surface area contributed by atoms with Crippen LogP contribution in [0.25, 0.3) is 6.08 Å². The SMILES string of the molecule is COC(=O)CC(NS(=O)(=O)/C=C/c1ccccc1)c1ccc(Br)cc1. The first kappa shape index (κ1) is 19.4. The second kappa shape index (κ2) is 8.94. The molecule has 0 aliphatic rings. The van der Waals surface area contributed by atoms with Gasteiger partial charge in [0.25, 0.3) is 0 Å². The van der Waals surface area contributed by atoms with Gasteiger partial charge in [0.2, 0.25) is 10.0 Å². The van der Waals surface area contributed by atoms with Gasteiger partial charge in [0.15, 0.2) is 0 Å². The Labute approximate surface area is 155 Å². The van der Waals surface area contributed by atoms with Crippen LogP contribution in [0.2, 0.25) is 0 Å². The molecular formula is C18H18BrNO4S. The van der Waals surface area contributed by atoms with Crippen molar-refractivity contribution in [3.05, 3.63) is 75.6 Å². The zero-order valence-electron chi connectivity index (χ0n) is 13.6. The summed E-state index contributed by atoms with van der Waals surface area (Å²) in [7, 11) is -2.47. The fourth-order valence-corrected chi connectivity index (χ4v) is 3.44. The molecule has 0 radical (unpaired) electrons. The predicted molar refractivity (Wildman–Crippen MR) is 101 cm³/mol. The topological polar surface area (TPSA) is 72.5 Å². The molecule has 0 aliphatic heterocycles. The summed E-state index contributed by atoms with van der Waals surface area (Å²) in [6.45, 7) is 0. The second-order valence-corrected chi connectivity index (χ2v) is 7.77. The lowest BCUT2D eigenvalue weighted by molar-refractivity contribution is -0.141. The average molecular weight is 424 g/mol. The van der Waals surface area contributed by atoms with E-state index in [2.05, 4.69) is 25.4 Å². The Hall–Kier alpha value is -1.96. The summed E-state index contributed by atoms with van der Waals surface area (Å²) in [5.74, 6) is -0.498. The van der Waals surface area contributed by atoms with Crippen LogP contribution >= 0.6 is 15.9 Å². The van der Waals surface area contributed by atoms with Gasteiger partial charge >= 0.3 is 5.97 Å². The minimum Gasteiger partial charge on any atom is -0.469 e. The maximum absolute atomic E-state index is 12.4. The van der Waals surface area contributed by atoms with Gasteiger partial charge in [-0.15, -0.1) is 0 Å². The first-order chi connectivity index (χ1) is 11.9. The molecule has 0 aromatic heterocycles. The van der Waals surface area contributed by atoms with Gasteiger partial charge in [-0.05, 0) is 29.3 Å². The number of sulfonamides is 1. The molecule has 0 saturated heterocycles. The van der Waals surface area contributed by atoms with Crippen LogP contribution in [0, 0.1) is 0 Å². The van der Waals surface area contributed by atoms with Crippen LogP contribution in [0.3, 0.4) is 0 Å². The van der Waals surface area contributed by atoms with E-state index in [1.807, 2.05) is 18.2 Å². The molecule has 0 fully saturated rings. The molecule has 0 spiro atoms. The average Bonchev–Trinajstić information content (AvgIpc) is 2.61. The molecule has 0 heterocycles. The third kappa shape index (κ3) is 6.45. The van der Waals surface area contributed by atoms with E-state index in [0.717, 1.165) is 15.4 Å². The summed E-state index contributed by atoms with van der Waals surface area (Å²) in [5, 5.41) is 1.09. The molecule has 2 rings (SSSR count). The summed E-state index contributed by atoms with van der Waals surface area (Å²) in [6, 6.07) is 15.4. The van der Waals surface area contributed by atoms with Gasteiger partial charge in [-0.25, -0.2) is 13.1 Å². The van der Waals surface area contributed by atoms with Crippen molar-refractivity contribution in [1.29, 1.82) is 0 Å². The number of methoxy groups -OCH3 is 1. The molecule has 2 aromatic rings. The van der Waals surface area contributed by atoms with Gasteiger partial charge in [-0.2, -0.15) is 0 Å². The largest absolute Gasteiger partial charge is 0.469 e. The Balaban J connectivity index is 2.20. The van der Waals surface area contributed by atoms with E-state index in [-0.39, 0.29) is 6.42 Å². The number of benzene rings is 2. The molecule has 25 heavy (non-hydrogen) atoms. The zero-order valence-corrected chi connectivity index (χ0v) is 16.0. The van der Waals surface area contributed by atoms with Gasteiger partial charge < -0.3 is 4.74 Å². The van der Waals surface area contributed by atoms with Crippen molar-refractivity contribution in [2.75, 3.05) is 7.11 Å². The molecular weight excluding hydrogens is 406 g/mol. The second-order valence-electron chi connectivity index (χ2n) is 5.26. The van der Waals surface area contributed by atoms with Crippen molar-refractivity contribution < 1.29 is 17.9 Å². The van der Waals surface area contributed by atoms with Gasteiger partial charge in [0.1, 0.15) is 0 Å². The Morgan fingerprint density at radius 2 is 1.80 bits per heavy atom. The number of hydrogen-bond donors (Lipinski definition) is 1. The van der Waals surface area contributed by atoms with Crippen LogP contribution < -0.4 is 4.72 Å². The summed E-state index contributed by atoms with van der Waals surface area (Å²) >= 11 is 3.33. The lowest BCUT2D eigenvalue weighted by atomic mass is 10.1. The number of nitrogens with one attached hydrogen (secondary N) is 1. The van der Waals surface area contributed by atoms with E-state index < -0.39 is 22.0 Å². The third-order valence-corrected chi connectivity index (χ3v) is 5.05. The van der Waals surface area contributed by atoms with Crippen LogP contribution in [0.4, 0.5) is 0 Å². The molecule has 0 amide bonds. The molecule has 1 atom stereocenters. The lowest BCUT2D eigenvalue weighted by Crippen LogP contribution is -2.29. The van der Waals surface area contributed by atoms with E-state index >= 15 is 0 Å². The highest BCUT2D eigenvalue weighted by molar-refractivity contribution is 9.10. The fraction of sp³-hybridized carbons (Fsp3) is 0.167. The first-order valence-electron chi connectivity index (χ1n) is 7.47. The van der Waals surface area contributed by atoms with E-state index in [0.29, 0.717) is 5.56 Å². The third-order valence-electron chi connectivity index (χ3n) is 3.42. The summed E-state index contributed by atoms with van der Waals surface area (Å²) in [6.07, 6.45) is 1.40. The van der Waals surface area contributed by atoms with E-state index in [9.17, 15) is 13.2 Å². The van der Waals surface area contributed by atoms with Crippen molar-refractivity contribution in [3.8, 4) is 0 Å². The van der Waals surface area contributed by atoms with Gasteiger partial charge in [-0.1, -0.05) is 58.4 Å².